The summed E-state index contributed by atoms with van der Waals surface area (Å²) >= 11 is 0. The Balaban J connectivity index is 1.40. The van der Waals surface area contributed by atoms with E-state index in [0.717, 1.165) is 32.0 Å². The smallest absolute Gasteiger partial charge is 0.262 e. The number of carbonyl (C=O) groups excluding carboxylic acids is 1. The van der Waals surface area contributed by atoms with Gasteiger partial charge in [-0.2, -0.15) is 0 Å². The van der Waals surface area contributed by atoms with Crippen molar-refractivity contribution >= 4 is 39.1 Å². The summed E-state index contributed by atoms with van der Waals surface area (Å²) < 4.78 is 28.2. The molecule has 1 saturated heterocycles. The van der Waals surface area contributed by atoms with Crippen molar-refractivity contribution in [1.29, 1.82) is 0 Å². The zero-order valence-corrected chi connectivity index (χ0v) is 19.2. The topological polar surface area (TPSA) is 120 Å². The van der Waals surface area contributed by atoms with Crippen LogP contribution in [0.1, 0.15) is 12.5 Å². The number of pyridine rings is 1. The van der Waals surface area contributed by atoms with Crippen LogP contribution < -0.4 is 19.8 Å². The van der Waals surface area contributed by atoms with E-state index in [9.17, 15) is 13.2 Å². The summed E-state index contributed by atoms with van der Waals surface area (Å²) in [5.74, 6) is 1.27. The summed E-state index contributed by atoms with van der Waals surface area (Å²) in [5, 5.41) is 2.64. The van der Waals surface area contributed by atoms with Gasteiger partial charge in [0.1, 0.15) is 5.82 Å². The molecule has 1 aliphatic rings. The largest absolute Gasteiger partial charge is 0.353 e. The average Bonchev–Trinajstić information content (AvgIpc) is 2.79. The van der Waals surface area contributed by atoms with Gasteiger partial charge in [0.05, 0.1) is 23.0 Å². The Bertz CT molecular complexity index is 1230. The highest BCUT2D eigenvalue weighted by Crippen LogP contribution is 2.23. The van der Waals surface area contributed by atoms with Gasteiger partial charge >= 0.3 is 0 Å². The van der Waals surface area contributed by atoms with Crippen LogP contribution in [-0.4, -0.2) is 55.5 Å². The van der Waals surface area contributed by atoms with Crippen LogP contribution in [0.5, 0.6) is 0 Å². The van der Waals surface area contributed by atoms with Crippen LogP contribution in [0.15, 0.2) is 59.9 Å². The molecule has 0 spiro atoms. The molecule has 172 valence electrons. The predicted molar refractivity (Wildman–Crippen MR) is 127 cm³/mol. The number of rotatable bonds is 6. The molecule has 0 radical (unpaired) electrons. The Hall–Kier alpha value is -3.73. The first kappa shape index (κ1) is 22.5. The minimum absolute atomic E-state index is 0.117. The monoisotopic (exact) mass is 467 g/mol. The first-order valence-electron chi connectivity index (χ1n) is 10.5. The van der Waals surface area contributed by atoms with Gasteiger partial charge in [0.25, 0.3) is 10.0 Å². The van der Waals surface area contributed by atoms with Crippen LogP contribution in [0.25, 0.3) is 0 Å². The van der Waals surface area contributed by atoms with Crippen molar-refractivity contribution in [3.8, 4) is 0 Å². The lowest BCUT2D eigenvalue weighted by molar-refractivity contribution is -0.114. The number of hydrogen-bond donors (Lipinski definition) is 2. The number of hydrogen-bond acceptors (Lipinski definition) is 8. The summed E-state index contributed by atoms with van der Waals surface area (Å²) in [6.45, 7) is 6.13. The molecule has 1 amide bonds. The second kappa shape index (κ2) is 9.41. The van der Waals surface area contributed by atoms with Crippen LogP contribution in [0.2, 0.25) is 0 Å². The predicted octanol–water partition coefficient (Wildman–Crippen LogP) is 2.27. The fourth-order valence-corrected chi connectivity index (χ4v) is 4.91. The molecular formula is C22H25N7O3S. The highest BCUT2D eigenvalue weighted by atomic mass is 32.2. The van der Waals surface area contributed by atoms with Gasteiger partial charge in [-0.15, -0.1) is 0 Å². The van der Waals surface area contributed by atoms with Gasteiger partial charge in [0.15, 0.2) is 0 Å². The van der Waals surface area contributed by atoms with Crippen molar-refractivity contribution in [1.82, 2.24) is 15.0 Å². The van der Waals surface area contributed by atoms with Crippen molar-refractivity contribution in [3.05, 3.63) is 60.6 Å². The zero-order chi connectivity index (χ0) is 23.4. The lowest BCUT2D eigenvalue weighted by atomic mass is 10.2. The van der Waals surface area contributed by atoms with Crippen molar-refractivity contribution in [2.75, 3.05) is 46.0 Å². The molecule has 1 aliphatic heterocycles. The van der Waals surface area contributed by atoms with E-state index in [-0.39, 0.29) is 16.5 Å². The minimum atomic E-state index is -3.83. The van der Waals surface area contributed by atoms with E-state index in [1.807, 2.05) is 18.2 Å². The fraction of sp³-hybridized carbons (Fsp3) is 0.273. The van der Waals surface area contributed by atoms with E-state index in [4.69, 9.17) is 0 Å². The van der Waals surface area contributed by atoms with Gasteiger partial charge in [-0.1, -0.05) is 6.07 Å². The summed E-state index contributed by atoms with van der Waals surface area (Å²) in [7, 11) is -3.83. The Morgan fingerprint density at radius 3 is 2.24 bits per heavy atom. The first-order valence-corrected chi connectivity index (χ1v) is 11.9. The van der Waals surface area contributed by atoms with Crippen molar-refractivity contribution < 1.29 is 13.2 Å². The molecule has 0 unspecified atom stereocenters. The number of piperazine rings is 1. The van der Waals surface area contributed by atoms with Crippen LogP contribution in [0, 0.1) is 6.92 Å². The lowest BCUT2D eigenvalue weighted by Gasteiger charge is -2.35. The highest BCUT2D eigenvalue weighted by Gasteiger charge is 2.21. The van der Waals surface area contributed by atoms with Crippen LogP contribution in [-0.2, 0) is 14.8 Å². The molecule has 0 atom stereocenters. The standard InChI is InChI=1S/C22H25N7O3S/c1-16-13-18(26-17(2)30)6-7-20(16)33(31,32)27-19-14-24-22(25-15-19)29-11-9-28(10-12-29)21-5-3-4-8-23-21/h3-8,13-15,27H,9-12H2,1-2H3,(H,26,30). The second-order valence-corrected chi connectivity index (χ2v) is 9.35. The number of anilines is 4. The molecule has 1 fully saturated rings. The molecule has 1 aromatic carbocycles. The number of benzene rings is 1. The Morgan fingerprint density at radius 2 is 1.64 bits per heavy atom. The first-order chi connectivity index (χ1) is 15.8. The molecule has 33 heavy (non-hydrogen) atoms. The molecule has 0 bridgehead atoms. The molecule has 0 saturated carbocycles. The van der Waals surface area contributed by atoms with E-state index in [1.54, 1.807) is 25.3 Å². The molecule has 10 nitrogen and oxygen atoms in total. The summed E-state index contributed by atoms with van der Waals surface area (Å²) in [5.41, 5.74) is 1.32. The number of aromatic nitrogens is 3. The second-order valence-electron chi connectivity index (χ2n) is 7.70. The maximum absolute atomic E-state index is 12.8. The Kier molecular flexibility index (Phi) is 6.40. The van der Waals surface area contributed by atoms with Crippen molar-refractivity contribution in [2.24, 2.45) is 0 Å². The van der Waals surface area contributed by atoms with Gasteiger partial charge in [0.2, 0.25) is 11.9 Å². The molecular weight excluding hydrogens is 442 g/mol. The van der Waals surface area contributed by atoms with Crippen molar-refractivity contribution in [2.45, 2.75) is 18.7 Å². The number of sulfonamides is 1. The third-order valence-corrected chi connectivity index (χ3v) is 6.75. The molecule has 2 aromatic heterocycles. The number of nitrogens with zero attached hydrogens (tertiary/aromatic N) is 5. The summed E-state index contributed by atoms with van der Waals surface area (Å²) in [4.78, 5) is 28.7. The van der Waals surface area contributed by atoms with Crippen LogP contribution >= 0.6 is 0 Å². The molecule has 0 aliphatic carbocycles. The van der Waals surface area contributed by atoms with E-state index in [0.29, 0.717) is 17.2 Å². The van der Waals surface area contributed by atoms with E-state index >= 15 is 0 Å². The maximum Gasteiger partial charge on any atom is 0.262 e. The van der Waals surface area contributed by atoms with Crippen LogP contribution in [0.4, 0.5) is 23.1 Å². The highest BCUT2D eigenvalue weighted by molar-refractivity contribution is 7.92. The third kappa shape index (κ3) is 5.37. The lowest BCUT2D eigenvalue weighted by Crippen LogP contribution is -2.47. The zero-order valence-electron chi connectivity index (χ0n) is 18.4. The molecule has 3 heterocycles. The van der Waals surface area contributed by atoms with Gasteiger partial charge in [-0.05, 0) is 42.8 Å². The Labute approximate surface area is 192 Å². The van der Waals surface area contributed by atoms with E-state index < -0.39 is 10.0 Å². The SMILES string of the molecule is CC(=O)Nc1ccc(S(=O)(=O)Nc2cnc(N3CCN(c4ccccn4)CC3)nc2)c(C)c1. The number of carbonyl (C=O) groups is 1. The summed E-state index contributed by atoms with van der Waals surface area (Å²) in [6.07, 6.45) is 4.71. The van der Waals surface area contributed by atoms with Crippen molar-refractivity contribution in [3.63, 3.8) is 0 Å². The fourth-order valence-electron chi connectivity index (χ4n) is 3.66. The van der Waals surface area contributed by atoms with Gasteiger partial charge in [-0.3, -0.25) is 9.52 Å². The normalized spacial score (nSPS) is 14.1. The van der Waals surface area contributed by atoms with Crippen LogP contribution in [0.3, 0.4) is 0 Å². The quantitative estimate of drug-likeness (QED) is 0.566. The van der Waals surface area contributed by atoms with Gasteiger partial charge < -0.3 is 15.1 Å². The molecule has 4 rings (SSSR count). The van der Waals surface area contributed by atoms with Gasteiger partial charge in [0, 0.05) is 45.0 Å². The van der Waals surface area contributed by atoms with Gasteiger partial charge in [-0.25, -0.2) is 23.4 Å². The number of nitrogens with one attached hydrogen (secondary N) is 2. The third-order valence-electron chi connectivity index (χ3n) is 5.21. The number of aryl methyl sites for hydroxylation is 1. The van der Waals surface area contributed by atoms with E-state index in [2.05, 4.69) is 34.8 Å². The average molecular weight is 468 g/mol. The molecule has 2 N–H and O–H groups in total. The van der Waals surface area contributed by atoms with E-state index in [1.165, 1.54) is 25.4 Å². The molecule has 3 aromatic rings. The minimum Gasteiger partial charge on any atom is -0.353 e. The molecule has 11 heteroatoms. The Morgan fingerprint density at radius 1 is 0.939 bits per heavy atom. The summed E-state index contributed by atoms with van der Waals surface area (Å²) in [6, 6.07) is 10.5. The maximum atomic E-state index is 12.8. The number of amides is 1.